The molecule has 0 atom stereocenters. The molecule has 8 heteroatoms. The highest BCUT2D eigenvalue weighted by Gasteiger charge is 2.20. The maximum Gasteiger partial charge on any atom is 0.339 e. The quantitative estimate of drug-likeness (QED) is 0.708. The summed E-state index contributed by atoms with van der Waals surface area (Å²) in [6, 6.07) is 8.07. The van der Waals surface area contributed by atoms with E-state index in [0.717, 1.165) is 31.6 Å². The third-order valence-electron chi connectivity index (χ3n) is 5.04. The number of carbonyl (C=O) groups is 3. The Kier molecular flexibility index (Phi) is 6.66. The highest BCUT2D eigenvalue weighted by atomic mass is 16.5. The molecule has 30 heavy (non-hydrogen) atoms. The summed E-state index contributed by atoms with van der Waals surface area (Å²) >= 11 is 0. The van der Waals surface area contributed by atoms with Crippen LogP contribution in [0.2, 0.25) is 0 Å². The SMILES string of the molecule is CCOC(=O)c1ccc(C(=O)Nc2cc(C(N)=O)ccc2N2CCCCC2)nc1C. The van der Waals surface area contributed by atoms with Crippen LogP contribution < -0.4 is 16.0 Å². The molecule has 0 aliphatic carbocycles. The summed E-state index contributed by atoms with van der Waals surface area (Å²) in [6.45, 7) is 5.39. The van der Waals surface area contributed by atoms with Crippen LogP contribution in [0.4, 0.5) is 11.4 Å². The van der Waals surface area contributed by atoms with E-state index in [0.29, 0.717) is 22.5 Å². The van der Waals surface area contributed by atoms with E-state index in [2.05, 4.69) is 15.2 Å². The summed E-state index contributed by atoms with van der Waals surface area (Å²) in [7, 11) is 0. The third kappa shape index (κ3) is 4.76. The van der Waals surface area contributed by atoms with Gasteiger partial charge in [-0.25, -0.2) is 9.78 Å². The molecule has 1 saturated heterocycles. The van der Waals surface area contributed by atoms with E-state index < -0.39 is 17.8 Å². The fourth-order valence-electron chi connectivity index (χ4n) is 3.50. The van der Waals surface area contributed by atoms with Crippen molar-refractivity contribution in [3.05, 3.63) is 52.8 Å². The molecule has 8 nitrogen and oxygen atoms in total. The number of amides is 2. The molecule has 2 heterocycles. The van der Waals surface area contributed by atoms with Crippen molar-refractivity contribution in [2.75, 3.05) is 29.9 Å². The summed E-state index contributed by atoms with van der Waals surface area (Å²) in [6.07, 6.45) is 3.32. The number of piperidine rings is 1. The number of primary amides is 1. The molecule has 2 amide bonds. The van der Waals surface area contributed by atoms with E-state index in [1.54, 1.807) is 26.0 Å². The monoisotopic (exact) mass is 410 g/mol. The predicted molar refractivity (Wildman–Crippen MR) is 114 cm³/mol. The molecular formula is C22H26N4O4. The molecule has 1 fully saturated rings. The summed E-state index contributed by atoms with van der Waals surface area (Å²) < 4.78 is 4.99. The van der Waals surface area contributed by atoms with Gasteiger partial charge in [-0.05, 0) is 63.4 Å². The number of nitrogens with two attached hydrogens (primary N) is 1. The Morgan fingerprint density at radius 1 is 1.13 bits per heavy atom. The highest BCUT2D eigenvalue weighted by Crippen LogP contribution is 2.30. The van der Waals surface area contributed by atoms with E-state index in [1.165, 1.54) is 18.6 Å². The molecule has 1 aliphatic heterocycles. The zero-order valence-corrected chi connectivity index (χ0v) is 17.2. The molecule has 0 spiro atoms. The van der Waals surface area contributed by atoms with Crippen LogP contribution in [0.1, 0.15) is 63.1 Å². The molecule has 158 valence electrons. The van der Waals surface area contributed by atoms with E-state index in [-0.39, 0.29) is 12.3 Å². The van der Waals surface area contributed by atoms with E-state index in [4.69, 9.17) is 10.5 Å². The van der Waals surface area contributed by atoms with Crippen LogP contribution in [0.15, 0.2) is 30.3 Å². The molecule has 0 radical (unpaired) electrons. The lowest BCUT2D eigenvalue weighted by Crippen LogP contribution is -2.30. The number of pyridine rings is 1. The van der Waals surface area contributed by atoms with Gasteiger partial charge >= 0.3 is 5.97 Å². The first-order valence-electron chi connectivity index (χ1n) is 10.1. The molecule has 3 N–H and O–H groups in total. The smallest absolute Gasteiger partial charge is 0.339 e. The average Bonchev–Trinajstić information content (AvgIpc) is 2.74. The number of aryl methyl sites for hydroxylation is 1. The predicted octanol–water partition coefficient (Wildman–Crippen LogP) is 2.91. The van der Waals surface area contributed by atoms with Crippen LogP contribution in [0.5, 0.6) is 0 Å². The molecule has 0 unspecified atom stereocenters. The molecule has 0 bridgehead atoms. The van der Waals surface area contributed by atoms with Gasteiger partial charge in [0.2, 0.25) is 5.91 Å². The zero-order valence-electron chi connectivity index (χ0n) is 17.2. The number of esters is 1. The van der Waals surface area contributed by atoms with Crippen molar-refractivity contribution in [3.8, 4) is 0 Å². The number of rotatable bonds is 6. The van der Waals surface area contributed by atoms with Crippen molar-refractivity contribution in [2.45, 2.75) is 33.1 Å². The first-order chi connectivity index (χ1) is 14.4. The number of hydrogen-bond donors (Lipinski definition) is 2. The van der Waals surface area contributed by atoms with Crippen LogP contribution in [0.3, 0.4) is 0 Å². The molecule has 1 aromatic heterocycles. The fourth-order valence-corrected chi connectivity index (χ4v) is 3.50. The Balaban J connectivity index is 1.88. The molecule has 2 aromatic rings. The van der Waals surface area contributed by atoms with Crippen molar-refractivity contribution >= 4 is 29.2 Å². The van der Waals surface area contributed by atoms with E-state index in [1.807, 2.05) is 6.07 Å². The topological polar surface area (TPSA) is 115 Å². The second-order valence-corrected chi connectivity index (χ2v) is 7.15. The Morgan fingerprint density at radius 2 is 1.87 bits per heavy atom. The standard InChI is InChI=1S/C22H26N4O4/c1-3-30-22(29)16-8-9-17(24-14(16)2)21(28)25-18-13-15(20(23)27)7-10-19(18)26-11-5-4-6-12-26/h7-10,13H,3-6,11-12H2,1-2H3,(H2,23,27)(H,25,28). The number of ether oxygens (including phenoxy) is 1. The van der Waals surface area contributed by atoms with E-state index >= 15 is 0 Å². The maximum absolute atomic E-state index is 12.9. The molecule has 1 aromatic carbocycles. The van der Waals surface area contributed by atoms with Gasteiger partial charge in [0, 0.05) is 18.7 Å². The number of carbonyl (C=O) groups excluding carboxylic acids is 3. The van der Waals surface area contributed by atoms with Crippen LogP contribution in [-0.4, -0.2) is 42.5 Å². The van der Waals surface area contributed by atoms with Crippen LogP contribution in [0, 0.1) is 6.92 Å². The van der Waals surface area contributed by atoms with Gasteiger partial charge in [0.05, 0.1) is 29.2 Å². The fraction of sp³-hybridized carbons (Fsp3) is 0.364. The minimum absolute atomic E-state index is 0.162. The van der Waals surface area contributed by atoms with Gasteiger partial charge in [0.25, 0.3) is 5.91 Å². The Hall–Kier alpha value is -3.42. The van der Waals surface area contributed by atoms with Gasteiger partial charge in [0.1, 0.15) is 5.69 Å². The number of nitrogens with one attached hydrogen (secondary N) is 1. The van der Waals surface area contributed by atoms with Crippen LogP contribution >= 0.6 is 0 Å². The summed E-state index contributed by atoms with van der Waals surface area (Å²) in [5.74, 6) is -1.48. The summed E-state index contributed by atoms with van der Waals surface area (Å²) in [5.41, 5.74) is 7.97. The van der Waals surface area contributed by atoms with Gasteiger partial charge in [-0.3, -0.25) is 9.59 Å². The normalized spacial score (nSPS) is 13.6. The van der Waals surface area contributed by atoms with Crippen molar-refractivity contribution in [3.63, 3.8) is 0 Å². The second kappa shape index (κ2) is 9.39. The Morgan fingerprint density at radius 3 is 2.50 bits per heavy atom. The summed E-state index contributed by atoms with van der Waals surface area (Å²) in [4.78, 5) is 42.9. The first-order valence-corrected chi connectivity index (χ1v) is 10.1. The van der Waals surface area contributed by atoms with Gasteiger partial charge in [-0.2, -0.15) is 0 Å². The van der Waals surface area contributed by atoms with Gasteiger partial charge in [-0.15, -0.1) is 0 Å². The largest absolute Gasteiger partial charge is 0.462 e. The zero-order chi connectivity index (χ0) is 21.7. The minimum Gasteiger partial charge on any atom is -0.462 e. The molecule has 0 saturated carbocycles. The number of nitrogens with zero attached hydrogens (tertiary/aromatic N) is 2. The van der Waals surface area contributed by atoms with Crippen molar-refractivity contribution in [2.24, 2.45) is 5.73 Å². The molecule has 1 aliphatic rings. The summed E-state index contributed by atoms with van der Waals surface area (Å²) in [5, 5.41) is 2.85. The van der Waals surface area contributed by atoms with Crippen molar-refractivity contribution in [1.82, 2.24) is 4.98 Å². The number of benzene rings is 1. The number of aromatic nitrogens is 1. The number of anilines is 2. The molecular weight excluding hydrogens is 384 g/mol. The minimum atomic E-state index is -0.566. The van der Waals surface area contributed by atoms with Crippen LogP contribution in [0.25, 0.3) is 0 Å². The average molecular weight is 410 g/mol. The van der Waals surface area contributed by atoms with E-state index in [9.17, 15) is 14.4 Å². The first kappa shape index (κ1) is 21.3. The third-order valence-corrected chi connectivity index (χ3v) is 5.04. The lowest BCUT2D eigenvalue weighted by molar-refractivity contribution is 0.0524. The van der Waals surface area contributed by atoms with Crippen molar-refractivity contribution in [1.29, 1.82) is 0 Å². The maximum atomic E-state index is 12.9. The lowest BCUT2D eigenvalue weighted by Gasteiger charge is -2.30. The Bertz CT molecular complexity index is 968. The molecule has 3 rings (SSSR count). The van der Waals surface area contributed by atoms with Crippen molar-refractivity contribution < 1.29 is 19.1 Å². The second-order valence-electron chi connectivity index (χ2n) is 7.15. The van der Waals surface area contributed by atoms with Gasteiger partial charge in [0.15, 0.2) is 0 Å². The van der Waals surface area contributed by atoms with Gasteiger partial charge < -0.3 is 20.7 Å². The number of hydrogen-bond acceptors (Lipinski definition) is 6. The van der Waals surface area contributed by atoms with Gasteiger partial charge in [-0.1, -0.05) is 0 Å². The Labute approximate surface area is 175 Å². The lowest BCUT2D eigenvalue weighted by atomic mass is 10.1. The highest BCUT2D eigenvalue weighted by molar-refractivity contribution is 6.06. The van der Waals surface area contributed by atoms with Crippen LogP contribution in [-0.2, 0) is 4.74 Å².